The minimum Gasteiger partial charge on any atom is -0.480 e. The van der Waals surface area contributed by atoms with Crippen LogP contribution in [0.1, 0.15) is 22.3 Å². The fourth-order valence-electron chi connectivity index (χ4n) is 1.45. The highest BCUT2D eigenvalue weighted by Gasteiger charge is 2.06. The van der Waals surface area contributed by atoms with Crippen LogP contribution >= 0.6 is 0 Å². The van der Waals surface area contributed by atoms with Gasteiger partial charge in [-0.15, -0.1) is 0 Å². The van der Waals surface area contributed by atoms with Crippen LogP contribution in [-0.4, -0.2) is 36.6 Å². The zero-order chi connectivity index (χ0) is 14.3. The molecule has 1 aromatic carbocycles. The van der Waals surface area contributed by atoms with Crippen molar-refractivity contribution in [1.82, 2.24) is 5.32 Å². The zero-order valence-electron chi connectivity index (χ0n) is 10.5. The van der Waals surface area contributed by atoms with Crippen LogP contribution in [0.15, 0.2) is 24.3 Å². The highest BCUT2D eigenvalue weighted by atomic mass is 16.5. The molecule has 6 heteroatoms. The summed E-state index contributed by atoms with van der Waals surface area (Å²) in [5.74, 6) is -1.80. The molecule has 0 atom stereocenters. The summed E-state index contributed by atoms with van der Waals surface area (Å²) in [5, 5.41) is 10.7. The lowest BCUT2D eigenvalue weighted by Crippen LogP contribution is -2.29. The fourth-order valence-corrected chi connectivity index (χ4v) is 1.45. The molecule has 102 valence electrons. The number of rotatable bonds is 6. The number of carboxylic acids is 1. The number of amides is 1. The topological polar surface area (TPSA) is 92.7 Å². The lowest BCUT2D eigenvalue weighted by molar-refractivity contribution is -0.137. The molecule has 0 aliphatic rings. The second kappa shape index (κ2) is 7.15. The standard InChI is InChI=1S/C13H15NO5/c1-19-13(18)10-5-2-9(3-6-10)4-7-11(15)14-8-12(16)17/h2-3,5-6H,4,7-8H2,1H3,(H,14,15)(H,16,17). The predicted molar refractivity (Wildman–Crippen MR) is 66.7 cm³/mol. The van der Waals surface area contributed by atoms with Crippen molar-refractivity contribution in [3.63, 3.8) is 0 Å². The second-order valence-corrected chi connectivity index (χ2v) is 3.86. The van der Waals surface area contributed by atoms with E-state index in [1.165, 1.54) is 7.11 Å². The number of aryl methyl sites for hydroxylation is 1. The molecule has 0 saturated carbocycles. The third-order valence-corrected chi connectivity index (χ3v) is 2.45. The Hall–Kier alpha value is -2.37. The molecule has 1 rings (SSSR count). The van der Waals surface area contributed by atoms with Crippen molar-refractivity contribution in [1.29, 1.82) is 0 Å². The molecule has 19 heavy (non-hydrogen) atoms. The van der Waals surface area contributed by atoms with E-state index in [0.29, 0.717) is 12.0 Å². The molecule has 6 nitrogen and oxygen atoms in total. The Balaban J connectivity index is 2.43. The van der Waals surface area contributed by atoms with Gasteiger partial charge in [0.25, 0.3) is 0 Å². The average Bonchev–Trinajstić information content (AvgIpc) is 2.42. The minimum absolute atomic E-state index is 0.199. The van der Waals surface area contributed by atoms with Crippen LogP contribution in [0.25, 0.3) is 0 Å². The quantitative estimate of drug-likeness (QED) is 0.735. The van der Waals surface area contributed by atoms with Crippen molar-refractivity contribution in [3.8, 4) is 0 Å². The molecule has 0 fully saturated rings. The second-order valence-electron chi connectivity index (χ2n) is 3.86. The van der Waals surface area contributed by atoms with Gasteiger partial charge in [-0.1, -0.05) is 12.1 Å². The van der Waals surface area contributed by atoms with E-state index in [9.17, 15) is 14.4 Å². The highest BCUT2D eigenvalue weighted by Crippen LogP contribution is 2.07. The molecule has 1 aromatic rings. The summed E-state index contributed by atoms with van der Waals surface area (Å²) in [5.41, 5.74) is 1.33. The Morgan fingerprint density at radius 2 is 1.84 bits per heavy atom. The summed E-state index contributed by atoms with van der Waals surface area (Å²) in [7, 11) is 1.31. The number of ether oxygens (including phenoxy) is 1. The molecule has 0 aromatic heterocycles. The number of aliphatic carboxylic acids is 1. The summed E-state index contributed by atoms with van der Waals surface area (Å²) in [6.45, 7) is -0.375. The van der Waals surface area contributed by atoms with Crippen molar-refractivity contribution in [2.45, 2.75) is 12.8 Å². The summed E-state index contributed by atoms with van der Waals surface area (Å²) >= 11 is 0. The molecule has 0 aliphatic heterocycles. The predicted octanol–water partition coefficient (Wildman–Crippen LogP) is 0.607. The van der Waals surface area contributed by atoms with Gasteiger partial charge in [-0.2, -0.15) is 0 Å². The van der Waals surface area contributed by atoms with Gasteiger partial charge in [-0.3, -0.25) is 9.59 Å². The Kier molecular flexibility index (Phi) is 5.53. The largest absolute Gasteiger partial charge is 0.480 e. The first-order valence-electron chi connectivity index (χ1n) is 5.68. The smallest absolute Gasteiger partial charge is 0.337 e. The maximum absolute atomic E-state index is 11.3. The van der Waals surface area contributed by atoms with Crippen molar-refractivity contribution < 1.29 is 24.2 Å². The number of carbonyl (C=O) groups is 3. The van der Waals surface area contributed by atoms with Gasteiger partial charge in [0.1, 0.15) is 6.54 Å². The molecule has 1 amide bonds. The molecular formula is C13H15NO5. The summed E-state index contributed by atoms with van der Waals surface area (Å²) < 4.78 is 4.57. The minimum atomic E-state index is -1.07. The Morgan fingerprint density at radius 3 is 2.37 bits per heavy atom. The van der Waals surface area contributed by atoms with Crippen LogP contribution in [0.4, 0.5) is 0 Å². The van der Waals surface area contributed by atoms with Gasteiger partial charge in [-0.05, 0) is 24.1 Å². The molecule has 0 bridgehead atoms. The van der Waals surface area contributed by atoms with Gasteiger partial charge >= 0.3 is 11.9 Å². The average molecular weight is 265 g/mol. The summed E-state index contributed by atoms with van der Waals surface area (Å²) in [6.07, 6.45) is 0.678. The van der Waals surface area contributed by atoms with Gasteiger partial charge in [0.05, 0.1) is 12.7 Å². The molecule has 2 N–H and O–H groups in total. The van der Waals surface area contributed by atoms with E-state index in [1.807, 2.05) is 0 Å². The normalized spacial score (nSPS) is 9.74. The Labute approximate surface area is 110 Å². The van der Waals surface area contributed by atoms with Crippen molar-refractivity contribution in [2.75, 3.05) is 13.7 Å². The van der Waals surface area contributed by atoms with Gasteiger partial charge in [0.15, 0.2) is 0 Å². The third kappa shape index (κ3) is 5.20. The number of hydrogen-bond acceptors (Lipinski definition) is 4. The van der Waals surface area contributed by atoms with E-state index in [4.69, 9.17) is 5.11 Å². The number of nitrogens with one attached hydrogen (secondary N) is 1. The fraction of sp³-hybridized carbons (Fsp3) is 0.308. The first-order chi connectivity index (χ1) is 9.02. The SMILES string of the molecule is COC(=O)c1ccc(CCC(=O)NCC(=O)O)cc1. The number of carboxylic acid groups (broad SMARTS) is 1. The lowest BCUT2D eigenvalue weighted by atomic mass is 10.1. The molecule has 0 spiro atoms. The highest BCUT2D eigenvalue weighted by molar-refractivity contribution is 5.89. The van der Waals surface area contributed by atoms with E-state index in [0.717, 1.165) is 5.56 Å². The van der Waals surface area contributed by atoms with Gasteiger partial charge in [0, 0.05) is 6.42 Å². The van der Waals surface area contributed by atoms with Gasteiger partial charge in [0.2, 0.25) is 5.91 Å². The first kappa shape index (κ1) is 14.7. The maximum Gasteiger partial charge on any atom is 0.337 e. The van der Waals surface area contributed by atoms with Crippen LogP contribution in [0.5, 0.6) is 0 Å². The van der Waals surface area contributed by atoms with E-state index in [-0.39, 0.29) is 18.9 Å². The molecular weight excluding hydrogens is 250 g/mol. The molecule has 0 heterocycles. The Bertz CT molecular complexity index is 466. The van der Waals surface area contributed by atoms with E-state index >= 15 is 0 Å². The van der Waals surface area contributed by atoms with E-state index in [2.05, 4.69) is 10.1 Å². The number of benzene rings is 1. The number of carbonyl (C=O) groups excluding carboxylic acids is 2. The van der Waals surface area contributed by atoms with E-state index in [1.54, 1.807) is 24.3 Å². The van der Waals surface area contributed by atoms with Crippen LogP contribution in [0.2, 0.25) is 0 Å². The Morgan fingerprint density at radius 1 is 1.21 bits per heavy atom. The van der Waals surface area contributed by atoms with Crippen LogP contribution in [0, 0.1) is 0 Å². The molecule has 0 saturated heterocycles. The lowest BCUT2D eigenvalue weighted by Gasteiger charge is -2.04. The molecule has 0 aliphatic carbocycles. The zero-order valence-corrected chi connectivity index (χ0v) is 10.5. The van der Waals surface area contributed by atoms with Gasteiger partial charge < -0.3 is 15.2 Å². The summed E-state index contributed by atoms with van der Waals surface area (Å²) in [4.78, 5) is 32.7. The molecule has 0 unspecified atom stereocenters. The van der Waals surface area contributed by atoms with Crippen molar-refractivity contribution >= 4 is 17.8 Å². The number of esters is 1. The first-order valence-corrected chi connectivity index (χ1v) is 5.68. The summed E-state index contributed by atoms with van der Waals surface area (Å²) in [6, 6.07) is 6.71. The van der Waals surface area contributed by atoms with Crippen molar-refractivity contribution in [2.24, 2.45) is 0 Å². The number of hydrogen-bond donors (Lipinski definition) is 2. The third-order valence-electron chi connectivity index (χ3n) is 2.45. The molecule has 0 radical (unpaired) electrons. The van der Waals surface area contributed by atoms with Crippen LogP contribution in [0.3, 0.4) is 0 Å². The van der Waals surface area contributed by atoms with Crippen LogP contribution in [-0.2, 0) is 20.7 Å². The van der Waals surface area contributed by atoms with E-state index < -0.39 is 11.9 Å². The monoisotopic (exact) mass is 265 g/mol. The maximum atomic E-state index is 11.3. The van der Waals surface area contributed by atoms with Crippen LogP contribution < -0.4 is 5.32 Å². The number of methoxy groups -OCH3 is 1. The van der Waals surface area contributed by atoms with Gasteiger partial charge in [-0.25, -0.2) is 4.79 Å². The van der Waals surface area contributed by atoms with Crippen molar-refractivity contribution in [3.05, 3.63) is 35.4 Å².